The summed E-state index contributed by atoms with van der Waals surface area (Å²) in [6.07, 6.45) is 2.74. The molecule has 6 nitrogen and oxygen atoms in total. The standard InChI is InChI=1S/C27H27N3O3/c1-17-8-10-21(29-26(31)11-9-19-6-5-7-22(13-19)33-4)15-23(17)24-14-20-16-28-18(2)12-25(20)30(3)27(24)32/h5-8,10,12-16H,9,11H2,1-4H3,(H,29,31). The van der Waals surface area contributed by atoms with Crippen LogP contribution in [-0.4, -0.2) is 22.6 Å². The first kappa shape index (κ1) is 22.3. The lowest BCUT2D eigenvalue weighted by Crippen LogP contribution is -2.19. The maximum absolute atomic E-state index is 13.1. The van der Waals surface area contributed by atoms with Crippen molar-refractivity contribution in [2.75, 3.05) is 12.4 Å². The summed E-state index contributed by atoms with van der Waals surface area (Å²) >= 11 is 0. The second-order valence-electron chi connectivity index (χ2n) is 8.24. The molecule has 1 N–H and O–H groups in total. The first-order valence-corrected chi connectivity index (χ1v) is 10.9. The molecule has 4 aromatic rings. The van der Waals surface area contributed by atoms with E-state index in [1.54, 1.807) is 24.9 Å². The Kier molecular flexibility index (Phi) is 6.27. The average molecular weight is 442 g/mol. The Labute approximate surface area is 192 Å². The minimum atomic E-state index is -0.0855. The molecule has 0 fully saturated rings. The van der Waals surface area contributed by atoms with Gasteiger partial charge in [-0.25, -0.2) is 0 Å². The molecule has 0 aliphatic rings. The number of pyridine rings is 2. The van der Waals surface area contributed by atoms with Crippen LogP contribution in [0.3, 0.4) is 0 Å². The summed E-state index contributed by atoms with van der Waals surface area (Å²) in [7, 11) is 3.40. The normalized spacial score (nSPS) is 10.9. The summed E-state index contributed by atoms with van der Waals surface area (Å²) in [5.41, 5.74) is 5.66. The van der Waals surface area contributed by atoms with E-state index in [-0.39, 0.29) is 11.5 Å². The highest BCUT2D eigenvalue weighted by Crippen LogP contribution is 2.27. The average Bonchev–Trinajstić information content (AvgIpc) is 2.82. The topological polar surface area (TPSA) is 73.2 Å². The van der Waals surface area contributed by atoms with Gasteiger partial charge >= 0.3 is 0 Å². The number of aryl methyl sites for hydroxylation is 4. The number of aromatic nitrogens is 2. The van der Waals surface area contributed by atoms with Gasteiger partial charge in [-0.1, -0.05) is 18.2 Å². The number of rotatable bonds is 6. The van der Waals surface area contributed by atoms with Crippen LogP contribution in [-0.2, 0) is 18.3 Å². The zero-order chi connectivity index (χ0) is 23.5. The quantitative estimate of drug-likeness (QED) is 0.467. The highest BCUT2D eigenvalue weighted by molar-refractivity contribution is 5.92. The van der Waals surface area contributed by atoms with Crippen LogP contribution in [0.2, 0.25) is 0 Å². The first-order valence-electron chi connectivity index (χ1n) is 10.9. The molecule has 0 spiro atoms. The number of nitrogens with one attached hydrogen (secondary N) is 1. The number of hydrogen-bond donors (Lipinski definition) is 1. The molecule has 33 heavy (non-hydrogen) atoms. The van der Waals surface area contributed by atoms with E-state index < -0.39 is 0 Å². The molecule has 0 bridgehead atoms. The molecule has 0 saturated carbocycles. The maximum atomic E-state index is 13.1. The Morgan fingerprint density at radius 3 is 2.67 bits per heavy atom. The number of benzene rings is 2. The van der Waals surface area contributed by atoms with Crippen LogP contribution in [0.4, 0.5) is 5.69 Å². The van der Waals surface area contributed by atoms with Crippen LogP contribution < -0.4 is 15.6 Å². The molecule has 0 atom stereocenters. The summed E-state index contributed by atoms with van der Waals surface area (Å²) in [5.74, 6) is 0.692. The Balaban J connectivity index is 1.58. The summed E-state index contributed by atoms with van der Waals surface area (Å²) in [4.78, 5) is 30.1. The molecule has 0 aliphatic heterocycles. The minimum absolute atomic E-state index is 0.0845. The number of methoxy groups -OCH3 is 1. The third-order valence-corrected chi connectivity index (χ3v) is 5.83. The second-order valence-corrected chi connectivity index (χ2v) is 8.24. The van der Waals surface area contributed by atoms with Gasteiger partial charge in [0.1, 0.15) is 5.75 Å². The van der Waals surface area contributed by atoms with Gasteiger partial charge < -0.3 is 14.6 Å². The second kappa shape index (κ2) is 9.28. The van der Waals surface area contributed by atoms with Gasteiger partial charge in [-0.2, -0.15) is 0 Å². The van der Waals surface area contributed by atoms with Crippen LogP contribution in [0.5, 0.6) is 5.75 Å². The van der Waals surface area contributed by atoms with Gasteiger partial charge in [0.15, 0.2) is 0 Å². The van der Waals surface area contributed by atoms with Gasteiger partial charge in [-0.3, -0.25) is 14.6 Å². The number of fused-ring (bicyclic) bond motifs is 1. The fourth-order valence-electron chi connectivity index (χ4n) is 3.96. The van der Waals surface area contributed by atoms with Crippen LogP contribution >= 0.6 is 0 Å². The van der Waals surface area contributed by atoms with Gasteiger partial charge in [0, 0.05) is 42.0 Å². The molecule has 6 heteroatoms. The number of anilines is 1. The Morgan fingerprint density at radius 2 is 1.88 bits per heavy atom. The van der Waals surface area contributed by atoms with Crippen molar-refractivity contribution < 1.29 is 9.53 Å². The molecular weight excluding hydrogens is 414 g/mol. The Bertz CT molecular complexity index is 1410. The number of amides is 1. The zero-order valence-corrected chi connectivity index (χ0v) is 19.3. The Hall–Kier alpha value is -3.93. The summed E-state index contributed by atoms with van der Waals surface area (Å²) in [6.45, 7) is 3.86. The fraction of sp³-hybridized carbons (Fsp3) is 0.222. The third kappa shape index (κ3) is 4.80. The number of nitrogens with zero attached hydrogens (tertiary/aromatic N) is 2. The largest absolute Gasteiger partial charge is 0.497 e. The highest BCUT2D eigenvalue weighted by atomic mass is 16.5. The van der Waals surface area contributed by atoms with E-state index in [0.29, 0.717) is 24.1 Å². The van der Waals surface area contributed by atoms with Crippen molar-refractivity contribution in [2.45, 2.75) is 26.7 Å². The van der Waals surface area contributed by atoms with E-state index in [1.807, 2.05) is 68.4 Å². The van der Waals surface area contributed by atoms with Crippen molar-refractivity contribution >= 4 is 22.5 Å². The third-order valence-electron chi connectivity index (χ3n) is 5.83. The predicted octanol–water partition coefficient (Wildman–Crippen LogP) is 4.80. The summed E-state index contributed by atoms with van der Waals surface area (Å²) < 4.78 is 6.89. The predicted molar refractivity (Wildman–Crippen MR) is 132 cm³/mol. The first-order chi connectivity index (χ1) is 15.9. The van der Waals surface area contributed by atoms with Crippen LogP contribution in [0.15, 0.2) is 65.6 Å². The number of carbonyl (C=O) groups excluding carboxylic acids is 1. The van der Waals surface area contributed by atoms with Crippen LogP contribution in [0.1, 0.15) is 23.2 Å². The van der Waals surface area contributed by atoms with Gasteiger partial charge in [-0.05, 0) is 73.4 Å². The monoisotopic (exact) mass is 441 g/mol. The smallest absolute Gasteiger partial charge is 0.258 e. The molecule has 0 unspecified atom stereocenters. The number of hydrogen-bond acceptors (Lipinski definition) is 4. The van der Waals surface area contributed by atoms with Crippen molar-refractivity contribution in [3.63, 3.8) is 0 Å². The SMILES string of the molecule is COc1cccc(CCC(=O)Nc2ccc(C)c(-c3cc4cnc(C)cc4n(C)c3=O)c2)c1. The molecule has 4 rings (SSSR count). The van der Waals surface area contributed by atoms with Crippen LogP contribution in [0.25, 0.3) is 22.0 Å². The number of carbonyl (C=O) groups is 1. The summed E-state index contributed by atoms with van der Waals surface area (Å²) in [5, 5.41) is 3.86. The van der Waals surface area contributed by atoms with E-state index in [2.05, 4.69) is 10.3 Å². The van der Waals surface area contributed by atoms with E-state index >= 15 is 0 Å². The van der Waals surface area contributed by atoms with Crippen molar-refractivity contribution in [3.8, 4) is 16.9 Å². The van der Waals surface area contributed by atoms with E-state index in [4.69, 9.17) is 4.74 Å². The lowest BCUT2D eigenvalue weighted by molar-refractivity contribution is -0.116. The van der Waals surface area contributed by atoms with E-state index in [0.717, 1.165) is 39.0 Å². The molecule has 0 radical (unpaired) electrons. The molecule has 2 heterocycles. The van der Waals surface area contributed by atoms with Crippen molar-refractivity contribution in [2.24, 2.45) is 7.05 Å². The van der Waals surface area contributed by atoms with Crippen LogP contribution in [0, 0.1) is 13.8 Å². The van der Waals surface area contributed by atoms with Crippen molar-refractivity contribution in [3.05, 3.63) is 88.0 Å². The maximum Gasteiger partial charge on any atom is 0.258 e. The molecule has 0 aliphatic carbocycles. The highest BCUT2D eigenvalue weighted by Gasteiger charge is 2.13. The van der Waals surface area contributed by atoms with Crippen molar-refractivity contribution in [1.82, 2.24) is 9.55 Å². The van der Waals surface area contributed by atoms with Crippen molar-refractivity contribution in [1.29, 1.82) is 0 Å². The molecule has 1 amide bonds. The van der Waals surface area contributed by atoms with Gasteiger partial charge in [0.05, 0.1) is 12.6 Å². The fourth-order valence-corrected chi connectivity index (χ4v) is 3.96. The van der Waals surface area contributed by atoms with E-state index in [1.165, 1.54) is 0 Å². The molecule has 0 saturated heterocycles. The van der Waals surface area contributed by atoms with Gasteiger partial charge in [0.2, 0.25) is 5.91 Å². The molecule has 168 valence electrons. The minimum Gasteiger partial charge on any atom is -0.497 e. The molecule has 2 aromatic heterocycles. The lowest BCUT2D eigenvalue weighted by Gasteiger charge is -2.13. The Morgan fingerprint density at radius 1 is 1.06 bits per heavy atom. The zero-order valence-electron chi connectivity index (χ0n) is 19.3. The molecule has 2 aromatic carbocycles. The van der Waals surface area contributed by atoms with E-state index in [9.17, 15) is 9.59 Å². The van der Waals surface area contributed by atoms with Gasteiger partial charge in [0.25, 0.3) is 5.56 Å². The van der Waals surface area contributed by atoms with Gasteiger partial charge in [-0.15, -0.1) is 0 Å². The number of ether oxygens (including phenoxy) is 1. The summed E-state index contributed by atoms with van der Waals surface area (Å²) in [6, 6.07) is 17.1. The molecular formula is C27H27N3O3. The lowest BCUT2D eigenvalue weighted by atomic mass is 9.99.